The molecule has 4 aromatic rings. The maximum atomic E-state index is 12.1. The lowest BCUT2D eigenvalue weighted by Crippen LogP contribution is -2.42. The van der Waals surface area contributed by atoms with Gasteiger partial charge in [-0.2, -0.15) is 0 Å². The highest BCUT2D eigenvalue weighted by Crippen LogP contribution is 2.26. The van der Waals surface area contributed by atoms with Crippen LogP contribution in [0.5, 0.6) is 0 Å². The third-order valence-electron chi connectivity index (χ3n) is 4.01. The fraction of sp³-hybridized carbons (Fsp3) is 0.0476. The summed E-state index contributed by atoms with van der Waals surface area (Å²) in [6.45, 7) is 0. The van der Waals surface area contributed by atoms with Crippen LogP contribution in [0.1, 0.15) is 9.67 Å². The highest BCUT2D eigenvalue weighted by atomic mass is 32.2. The van der Waals surface area contributed by atoms with E-state index in [4.69, 9.17) is 0 Å². The molecule has 0 aliphatic rings. The molecule has 2 amide bonds. The van der Waals surface area contributed by atoms with Gasteiger partial charge < -0.3 is 5.32 Å². The van der Waals surface area contributed by atoms with E-state index in [0.717, 1.165) is 16.6 Å². The Kier molecular flexibility index (Phi) is 6.21. The Balaban J connectivity index is 1.43. The summed E-state index contributed by atoms with van der Waals surface area (Å²) in [5.74, 6) is 0.0352. The molecule has 0 saturated carbocycles. The molecule has 2 aromatic carbocycles. The molecular weight excluding hydrogens is 418 g/mol. The van der Waals surface area contributed by atoms with Gasteiger partial charge in [0.25, 0.3) is 5.91 Å². The fourth-order valence-electron chi connectivity index (χ4n) is 2.64. The Morgan fingerprint density at radius 1 is 0.900 bits per heavy atom. The highest BCUT2D eigenvalue weighted by molar-refractivity contribution is 7.99. The molecule has 2 heterocycles. The Bertz CT molecular complexity index is 1170. The Morgan fingerprint density at radius 2 is 1.70 bits per heavy atom. The molecular formula is C21H17N5O2S2. The van der Waals surface area contributed by atoms with Gasteiger partial charge in [0.15, 0.2) is 5.16 Å². The SMILES string of the molecule is O=C(CSc1nc(Nc2ccccc2)c2ccccc2n1)NNC(=O)c1cccs1. The highest BCUT2D eigenvalue weighted by Gasteiger charge is 2.12. The van der Waals surface area contributed by atoms with Crippen molar-refractivity contribution < 1.29 is 9.59 Å². The van der Waals surface area contributed by atoms with Crippen molar-refractivity contribution in [3.8, 4) is 0 Å². The van der Waals surface area contributed by atoms with Crippen LogP contribution < -0.4 is 16.2 Å². The number of amides is 2. The standard InChI is InChI=1S/C21H17N5O2S2/c27-18(25-26-20(28)17-11-6-12-29-17)13-30-21-23-16-10-5-4-9-15(16)19(24-21)22-14-7-2-1-3-8-14/h1-12H,13H2,(H,25,27)(H,26,28)(H,22,23,24). The number of para-hydroxylation sites is 2. The summed E-state index contributed by atoms with van der Waals surface area (Å²) < 4.78 is 0. The van der Waals surface area contributed by atoms with Crippen LogP contribution in [-0.2, 0) is 4.79 Å². The zero-order valence-corrected chi connectivity index (χ0v) is 17.3. The minimum absolute atomic E-state index is 0.0633. The smallest absolute Gasteiger partial charge is 0.279 e. The van der Waals surface area contributed by atoms with Crippen molar-refractivity contribution in [2.45, 2.75) is 5.16 Å². The van der Waals surface area contributed by atoms with Crippen molar-refractivity contribution >= 4 is 57.3 Å². The van der Waals surface area contributed by atoms with Crippen LogP contribution in [0.15, 0.2) is 77.3 Å². The van der Waals surface area contributed by atoms with E-state index in [-0.39, 0.29) is 17.6 Å². The molecule has 0 aliphatic heterocycles. The second kappa shape index (κ2) is 9.38. The number of thiophene rings is 1. The first-order valence-electron chi connectivity index (χ1n) is 9.03. The van der Waals surface area contributed by atoms with Crippen LogP contribution in [0.25, 0.3) is 10.9 Å². The van der Waals surface area contributed by atoms with Crippen LogP contribution in [0.3, 0.4) is 0 Å². The first-order valence-corrected chi connectivity index (χ1v) is 10.9. The van der Waals surface area contributed by atoms with Crippen LogP contribution >= 0.6 is 23.1 Å². The molecule has 3 N–H and O–H groups in total. The Labute approximate surface area is 180 Å². The molecule has 0 fully saturated rings. The van der Waals surface area contributed by atoms with Crippen LogP contribution in [0.4, 0.5) is 11.5 Å². The topological polar surface area (TPSA) is 96.0 Å². The Hall–Kier alpha value is -3.43. The average molecular weight is 436 g/mol. The van der Waals surface area contributed by atoms with Crippen molar-refractivity contribution in [1.29, 1.82) is 0 Å². The van der Waals surface area contributed by atoms with E-state index >= 15 is 0 Å². The molecule has 0 unspecified atom stereocenters. The molecule has 0 spiro atoms. The molecule has 30 heavy (non-hydrogen) atoms. The summed E-state index contributed by atoms with van der Waals surface area (Å²) in [7, 11) is 0. The number of thioether (sulfide) groups is 1. The van der Waals surface area contributed by atoms with E-state index in [2.05, 4.69) is 26.1 Å². The minimum Gasteiger partial charge on any atom is -0.340 e. The second-order valence-corrected chi connectivity index (χ2v) is 8.02. The summed E-state index contributed by atoms with van der Waals surface area (Å²) in [4.78, 5) is 33.6. The summed E-state index contributed by atoms with van der Waals surface area (Å²) in [6.07, 6.45) is 0. The van der Waals surface area contributed by atoms with Crippen LogP contribution in [0, 0.1) is 0 Å². The number of carbonyl (C=O) groups excluding carboxylic acids is 2. The first-order chi connectivity index (χ1) is 14.7. The molecule has 0 bridgehead atoms. The van der Waals surface area contributed by atoms with E-state index in [1.165, 1.54) is 23.1 Å². The zero-order valence-electron chi connectivity index (χ0n) is 15.7. The van der Waals surface area contributed by atoms with Gasteiger partial charge in [-0.3, -0.25) is 20.4 Å². The number of rotatable bonds is 6. The van der Waals surface area contributed by atoms with Gasteiger partial charge >= 0.3 is 0 Å². The van der Waals surface area contributed by atoms with Gasteiger partial charge in [0, 0.05) is 11.1 Å². The normalized spacial score (nSPS) is 10.5. The van der Waals surface area contributed by atoms with E-state index in [0.29, 0.717) is 15.9 Å². The van der Waals surface area contributed by atoms with E-state index in [1.54, 1.807) is 17.5 Å². The monoisotopic (exact) mass is 435 g/mol. The number of aromatic nitrogens is 2. The van der Waals surface area contributed by atoms with Gasteiger partial charge in [0.2, 0.25) is 5.91 Å². The lowest BCUT2D eigenvalue weighted by atomic mass is 10.2. The largest absolute Gasteiger partial charge is 0.340 e. The lowest BCUT2D eigenvalue weighted by molar-refractivity contribution is -0.119. The molecule has 150 valence electrons. The van der Waals surface area contributed by atoms with Gasteiger partial charge in [-0.05, 0) is 35.7 Å². The van der Waals surface area contributed by atoms with E-state index < -0.39 is 0 Å². The van der Waals surface area contributed by atoms with E-state index in [1.807, 2.05) is 54.6 Å². The number of hydrogen-bond acceptors (Lipinski definition) is 7. The van der Waals surface area contributed by atoms with Gasteiger partial charge in [-0.1, -0.05) is 48.2 Å². The number of benzene rings is 2. The van der Waals surface area contributed by atoms with Crippen LogP contribution in [0.2, 0.25) is 0 Å². The summed E-state index contributed by atoms with van der Waals surface area (Å²) in [6, 6.07) is 20.9. The third-order valence-corrected chi connectivity index (χ3v) is 5.73. The first kappa shape index (κ1) is 19.9. The predicted molar refractivity (Wildman–Crippen MR) is 120 cm³/mol. The molecule has 9 heteroatoms. The van der Waals surface area contributed by atoms with Crippen molar-refractivity contribution in [2.24, 2.45) is 0 Å². The number of anilines is 2. The van der Waals surface area contributed by atoms with Crippen LogP contribution in [-0.4, -0.2) is 27.5 Å². The van der Waals surface area contributed by atoms with Gasteiger partial charge in [0.1, 0.15) is 5.82 Å². The molecule has 0 radical (unpaired) electrons. The third kappa shape index (κ3) is 4.94. The van der Waals surface area contributed by atoms with Crippen molar-refractivity contribution in [3.63, 3.8) is 0 Å². The molecule has 2 aromatic heterocycles. The Morgan fingerprint density at radius 3 is 2.50 bits per heavy atom. The summed E-state index contributed by atoms with van der Waals surface area (Å²) >= 11 is 2.50. The lowest BCUT2D eigenvalue weighted by Gasteiger charge is -2.11. The van der Waals surface area contributed by atoms with Gasteiger partial charge in [-0.15, -0.1) is 11.3 Å². The number of fused-ring (bicyclic) bond motifs is 1. The zero-order chi connectivity index (χ0) is 20.8. The minimum atomic E-state index is -0.348. The molecule has 0 atom stereocenters. The fourth-order valence-corrected chi connectivity index (χ4v) is 3.91. The number of nitrogens with one attached hydrogen (secondary N) is 3. The predicted octanol–water partition coefficient (Wildman–Crippen LogP) is 3.99. The van der Waals surface area contributed by atoms with Gasteiger partial charge in [0.05, 0.1) is 16.1 Å². The molecule has 0 saturated heterocycles. The summed E-state index contributed by atoms with van der Waals surface area (Å²) in [5.41, 5.74) is 6.50. The molecule has 0 aliphatic carbocycles. The van der Waals surface area contributed by atoms with Crippen molar-refractivity contribution in [3.05, 3.63) is 77.0 Å². The molecule has 7 nitrogen and oxygen atoms in total. The van der Waals surface area contributed by atoms with Gasteiger partial charge in [-0.25, -0.2) is 9.97 Å². The number of hydrogen-bond donors (Lipinski definition) is 3. The average Bonchev–Trinajstić information content (AvgIpc) is 3.32. The molecule has 4 rings (SSSR count). The number of nitrogens with zero attached hydrogens (tertiary/aromatic N) is 2. The maximum absolute atomic E-state index is 12.1. The summed E-state index contributed by atoms with van der Waals surface area (Å²) in [5, 5.41) is 6.46. The quantitative estimate of drug-likeness (QED) is 0.241. The van der Waals surface area contributed by atoms with Crippen molar-refractivity contribution in [2.75, 3.05) is 11.1 Å². The maximum Gasteiger partial charge on any atom is 0.279 e. The number of hydrazine groups is 1. The second-order valence-electron chi connectivity index (χ2n) is 6.13. The number of carbonyl (C=O) groups is 2. The van der Waals surface area contributed by atoms with E-state index in [9.17, 15) is 9.59 Å². The van der Waals surface area contributed by atoms with Crippen molar-refractivity contribution in [1.82, 2.24) is 20.8 Å².